The molecule has 6 nitrogen and oxygen atoms in total. The van der Waals surface area contributed by atoms with Crippen molar-refractivity contribution in [2.45, 2.75) is 20.3 Å². The van der Waals surface area contributed by atoms with Crippen LogP contribution in [0.25, 0.3) is 5.82 Å². The lowest BCUT2D eigenvalue weighted by Crippen LogP contribution is -2.20. The van der Waals surface area contributed by atoms with Gasteiger partial charge in [0.05, 0.1) is 10.7 Å². The van der Waals surface area contributed by atoms with Gasteiger partial charge in [-0.1, -0.05) is 30.1 Å². The van der Waals surface area contributed by atoms with E-state index < -0.39 is 5.91 Å². The van der Waals surface area contributed by atoms with Crippen LogP contribution in [-0.2, 0) is 0 Å². The molecular formula is C19H15BrCl2N4O2. The molecule has 0 unspecified atom stereocenters. The zero-order valence-electron chi connectivity index (χ0n) is 15.0. The van der Waals surface area contributed by atoms with Crippen LogP contribution in [-0.4, -0.2) is 26.5 Å². The number of benzene rings is 1. The molecule has 0 fully saturated rings. The fraction of sp³-hybridized carbons (Fsp3) is 0.158. The van der Waals surface area contributed by atoms with Gasteiger partial charge < -0.3 is 5.32 Å². The van der Waals surface area contributed by atoms with Crippen LogP contribution in [0.5, 0.6) is 0 Å². The second kappa shape index (κ2) is 8.43. The number of nitrogens with one attached hydrogen (secondary N) is 1. The standard InChI is InChI=1S/C19H15BrCl2N4O2/c1-3-15(27)12-8-11(21)7-10(2)17(12)24-19(28)14-9-16(20)25-26(14)18-13(22)5-4-6-23-18/h4-9H,3H2,1-2H3,(H,24,28). The van der Waals surface area contributed by atoms with Crippen molar-refractivity contribution in [3.63, 3.8) is 0 Å². The van der Waals surface area contributed by atoms with E-state index in [1.165, 1.54) is 4.68 Å². The Morgan fingerprint density at radius 3 is 2.68 bits per heavy atom. The van der Waals surface area contributed by atoms with Crippen LogP contribution in [0.15, 0.2) is 41.1 Å². The average molecular weight is 482 g/mol. The van der Waals surface area contributed by atoms with Crippen molar-refractivity contribution in [1.29, 1.82) is 0 Å². The quantitative estimate of drug-likeness (QED) is 0.488. The third kappa shape index (κ3) is 4.11. The molecule has 3 rings (SSSR count). The molecule has 3 aromatic rings. The number of ketones is 1. The molecule has 28 heavy (non-hydrogen) atoms. The Labute approximate surface area is 180 Å². The molecule has 0 aliphatic heterocycles. The first-order valence-corrected chi connectivity index (χ1v) is 9.87. The van der Waals surface area contributed by atoms with Gasteiger partial charge in [-0.15, -0.1) is 0 Å². The Morgan fingerprint density at radius 1 is 1.25 bits per heavy atom. The van der Waals surface area contributed by atoms with Crippen molar-refractivity contribution in [3.05, 3.63) is 68.0 Å². The minimum atomic E-state index is -0.463. The zero-order valence-corrected chi connectivity index (χ0v) is 18.1. The molecule has 0 saturated carbocycles. The van der Waals surface area contributed by atoms with Crippen molar-refractivity contribution in [2.24, 2.45) is 0 Å². The number of nitrogens with zero attached hydrogens (tertiary/aromatic N) is 3. The Kier molecular flexibility index (Phi) is 6.17. The highest BCUT2D eigenvalue weighted by atomic mass is 79.9. The minimum Gasteiger partial charge on any atom is -0.320 e. The van der Waals surface area contributed by atoms with E-state index in [1.807, 2.05) is 0 Å². The summed E-state index contributed by atoms with van der Waals surface area (Å²) < 4.78 is 1.78. The number of halogens is 3. The molecule has 0 aliphatic rings. The van der Waals surface area contributed by atoms with Crippen LogP contribution in [0, 0.1) is 6.92 Å². The second-order valence-electron chi connectivity index (χ2n) is 5.95. The van der Waals surface area contributed by atoms with E-state index in [2.05, 4.69) is 31.3 Å². The molecule has 0 bridgehead atoms. The summed E-state index contributed by atoms with van der Waals surface area (Å²) in [6, 6.07) is 8.13. The van der Waals surface area contributed by atoms with E-state index in [4.69, 9.17) is 23.2 Å². The smallest absolute Gasteiger partial charge is 0.274 e. The van der Waals surface area contributed by atoms with Crippen LogP contribution in [0.3, 0.4) is 0 Å². The van der Waals surface area contributed by atoms with Gasteiger partial charge >= 0.3 is 0 Å². The van der Waals surface area contributed by atoms with Gasteiger partial charge in [0.25, 0.3) is 5.91 Å². The van der Waals surface area contributed by atoms with Crippen LogP contribution in [0.2, 0.25) is 10.0 Å². The first-order valence-electron chi connectivity index (χ1n) is 8.33. The average Bonchev–Trinajstić information content (AvgIpc) is 3.05. The normalized spacial score (nSPS) is 10.8. The molecule has 0 aliphatic carbocycles. The molecule has 1 N–H and O–H groups in total. The van der Waals surface area contributed by atoms with Gasteiger partial charge in [0, 0.05) is 29.3 Å². The second-order valence-corrected chi connectivity index (χ2v) is 7.61. The number of hydrogen-bond donors (Lipinski definition) is 1. The van der Waals surface area contributed by atoms with Crippen LogP contribution in [0.1, 0.15) is 39.8 Å². The number of hydrogen-bond acceptors (Lipinski definition) is 4. The van der Waals surface area contributed by atoms with Crippen LogP contribution >= 0.6 is 39.1 Å². The van der Waals surface area contributed by atoms with Crippen LogP contribution < -0.4 is 5.32 Å². The van der Waals surface area contributed by atoms with Gasteiger partial charge in [0.15, 0.2) is 11.6 Å². The van der Waals surface area contributed by atoms with Gasteiger partial charge in [-0.2, -0.15) is 5.10 Å². The van der Waals surface area contributed by atoms with E-state index in [9.17, 15) is 9.59 Å². The predicted octanol–water partition coefficient (Wildman–Crippen LogP) is 5.49. The summed E-state index contributed by atoms with van der Waals surface area (Å²) in [7, 11) is 0. The largest absolute Gasteiger partial charge is 0.320 e. The number of anilines is 1. The molecule has 0 atom stereocenters. The summed E-state index contributed by atoms with van der Waals surface area (Å²) in [5, 5.41) is 7.84. The number of carbonyl (C=O) groups excluding carboxylic acids is 2. The van der Waals surface area contributed by atoms with Crippen molar-refractivity contribution >= 4 is 56.5 Å². The molecule has 9 heteroatoms. The number of carbonyl (C=O) groups is 2. The highest BCUT2D eigenvalue weighted by molar-refractivity contribution is 9.10. The number of rotatable bonds is 5. The predicted molar refractivity (Wildman–Crippen MR) is 113 cm³/mol. The summed E-state index contributed by atoms with van der Waals surface area (Å²) in [4.78, 5) is 29.6. The molecule has 144 valence electrons. The molecule has 2 heterocycles. The van der Waals surface area contributed by atoms with Gasteiger partial charge in [0.1, 0.15) is 10.3 Å². The molecule has 0 saturated heterocycles. The van der Waals surface area contributed by atoms with Crippen molar-refractivity contribution < 1.29 is 9.59 Å². The maximum atomic E-state index is 13.0. The molecule has 1 aromatic carbocycles. The van der Waals surface area contributed by atoms with Crippen molar-refractivity contribution in [1.82, 2.24) is 14.8 Å². The number of pyridine rings is 1. The number of aryl methyl sites for hydroxylation is 1. The lowest BCUT2D eigenvalue weighted by atomic mass is 10.0. The van der Waals surface area contributed by atoms with E-state index in [-0.39, 0.29) is 17.9 Å². The minimum absolute atomic E-state index is 0.122. The van der Waals surface area contributed by atoms with E-state index >= 15 is 0 Å². The number of Topliss-reactive ketones (excluding diaryl/α,β-unsaturated/α-hetero) is 1. The van der Waals surface area contributed by atoms with E-state index in [0.29, 0.717) is 37.3 Å². The highest BCUT2D eigenvalue weighted by Gasteiger charge is 2.21. The van der Waals surface area contributed by atoms with Gasteiger partial charge in [-0.3, -0.25) is 9.59 Å². The van der Waals surface area contributed by atoms with Gasteiger partial charge in [0.2, 0.25) is 0 Å². The highest BCUT2D eigenvalue weighted by Crippen LogP contribution is 2.28. The first kappa shape index (κ1) is 20.5. The maximum Gasteiger partial charge on any atom is 0.274 e. The fourth-order valence-electron chi connectivity index (χ4n) is 2.71. The summed E-state index contributed by atoms with van der Waals surface area (Å²) in [6.07, 6.45) is 1.84. The summed E-state index contributed by atoms with van der Waals surface area (Å²) >= 11 is 15.6. The molecule has 0 radical (unpaired) electrons. The molecular weight excluding hydrogens is 467 g/mol. The SMILES string of the molecule is CCC(=O)c1cc(Cl)cc(C)c1NC(=O)c1cc(Br)nn1-c1ncccc1Cl. The molecule has 1 amide bonds. The third-order valence-corrected chi connectivity index (χ3v) is 4.91. The van der Waals surface area contributed by atoms with E-state index in [0.717, 1.165) is 0 Å². The molecule has 2 aromatic heterocycles. The Hall–Kier alpha value is -2.22. The Morgan fingerprint density at radius 2 is 2.00 bits per heavy atom. The monoisotopic (exact) mass is 480 g/mol. The first-order chi connectivity index (χ1) is 13.3. The van der Waals surface area contributed by atoms with Gasteiger partial charge in [-0.25, -0.2) is 9.67 Å². The number of amides is 1. The van der Waals surface area contributed by atoms with Crippen molar-refractivity contribution in [2.75, 3.05) is 5.32 Å². The van der Waals surface area contributed by atoms with Gasteiger partial charge in [-0.05, 0) is 52.7 Å². The van der Waals surface area contributed by atoms with E-state index in [1.54, 1.807) is 50.4 Å². The summed E-state index contributed by atoms with van der Waals surface area (Å²) in [5.74, 6) is -0.267. The fourth-order valence-corrected chi connectivity index (χ4v) is 3.56. The maximum absolute atomic E-state index is 13.0. The number of aromatic nitrogens is 3. The lowest BCUT2D eigenvalue weighted by molar-refractivity contribution is 0.0989. The lowest BCUT2D eigenvalue weighted by Gasteiger charge is -2.14. The van der Waals surface area contributed by atoms with Crippen LogP contribution in [0.4, 0.5) is 5.69 Å². The third-order valence-electron chi connectivity index (χ3n) is 4.01. The summed E-state index contributed by atoms with van der Waals surface area (Å²) in [6.45, 7) is 3.52. The van der Waals surface area contributed by atoms with Crippen molar-refractivity contribution in [3.8, 4) is 5.82 Å². The summed E-state index contributed by atoms with van der Waals surface area (Å²) in [5.41, 5.74) is 1.66. The topological polar surface area (TPSA) is 76.9 Å². The Bertz CT molecular complexity index is 1080. The Balaban J connectivity index is 2.05. The molecule has 0 spiro atoms. The zero-order chi connectivity index (χ0) is 20.4.